The van der Waals surface area contributed by atoms with Gasteiger partial charge in [0.2, 0.25) is 0 Å². The Kier molecular flexibility index (Phi) is 7.20. The topological polar surface area (TPSA) is 61.4 Å². The lowest BCUT2D eigenvalue weighted by molar-refractivity contribution is -0.138. The molecule has 1 fully saturated rings. The Morgan fingerprint density at radius 2 is 1.87 bits per heavy atom. The van der Waals surface area contributed by atoms with E-state index in [4.69, 9.17) is 0 Å². The summed E-state index contributed by atoms with van der Waals surface area (Å²) in [4.78, 5) is 26.5. The van der Waals surface area contributed by atoms with Crippen molar-refractivity contribution < 1.29 is 22.8 Å². The summed E-state index contributed by atoms with van der Waals surface area (Å²) in [5.41, 5.74) is 0.593. The number of benzene rings is 2. The number of nitrogens with one attached hydrogen (secondary N) is 2. The van der Waals surface area contributed by atoms with Crippen LogP contribution in [-0.4, -0.2) is 36.5 Å². The lowest BCUT2D eigenvalue weighted by Crippen LogP contribution is -2.44. The molecule has 3 rings (SSSR count). The molecule has 1 aliphatic rings. The second kappa shape index (κ2) is 9.85. The molecule has 0 saturated carbocycles. The molecular formula is C23H26F3N3O2. The van der Waals surface area contributed by atoms with E-state index in [1.807, 2.05) is 13.0 Å². The quantitative estimate of drug-likeness (QED) is 0.727. The third-order valence-corrected chi connectivity index (χ3v) is 5.42. The first kappa shape index (κ1) is 22.7. The summed E-state index contributed by atoms with van der Waals surface area (Å²) >= 11 is 0. The van der Waals surface area contributed by atoms with Gasteiger partial charge in [-0.1, -0.05) is 30.3 Å². The van der Waals surface area contributed by atoms with E-state index in [-0.39, 0.29) is 24.1 Å². The highest BCUT2D eigenvalue weighted by molar-refractivity contribution is 5.94. The maximum Gasteiger partial charge on any atom is 0.416 e. The van der Waals surface area contributed by atoms with Crippen LogP contribution in [0, 0.1) is 0 Å². The van der Waals surface area contributed by atoms with Crippen LogP contribution in [0.1, 0.15) is 52.7 Å². The highest BCUT2D eigenvalue weighted by Gasteiger charge is 2.33. The second-order valence-corrected chi connectivity index (χ2v) is 7.58. The Balaban J connectivity index is 1.68. The maximum absolute atomic E-state index is 13.1. The van der Waals surface area contributed by atoms with E-state index >= 15 is 0 Å². The number of rotatable bonds is 5. The van der Waals surface area contributed by atoms with Gasteiger partial charge in [0.05, 0.1) is 5.56 Å². The van der Waals surface area contributed by atoms with Crippen LogP contribution in [0.5, 0.6) is 0 Å². The first-order valence-electron chi connectivity index (χ1n) is 10.4. The third kappa shape index (κ3) is 5.77. The van der Waals surface area contributed by atoms with Gasteiger partial charge in [-0.15, -0.1) is 0 Å². The third-order valence-electron chi connectivity index (χ3n) is 5.42. The number of carbonyl (C=O) groups excluding carboxylic acids is 2. The van der Waals surface area contributed by atoms with E-state index in [0.29, 0.717) is 25.2 Å². The van der Waals surface area contributed by atoms with Gasteiger partial charge in [-0.3, -0.25) is 4.79 Å². The monoisotopic (exact) mass is 433 g/mol. The summed E-state index contributed by atoms with van der Waals surface area (Å²) in [6, 6.07) is 12.2. The van der Waals surface area contributed by atoms with E-state index in [1.54, 1.807) is 23.1 Å². The van der Waals surface area contributed by atoms with Crippen molar-refractivity contribution in [2.75, 3.05) is 19.6 Å². The van der Waals surface area contributed by atoms with E-state index < -0.39 is 17.6 Å². The number of hydrogen-bond donors (Lipinski definition) is 2. The molecule has 0 aromatic heterocycles. The normalized spacial score (nSPS) is 16.6. The fraction of sp³-hybridized carbons (Fsp3) is 0.391. The molecule has 1 saturated heterocycles. The van der Waals surface area contributed by atoms with Gasteiger partial charge in [0.1, 0.15) is 0 Å². The zero-order valence-electron chi connectivity index (χ0n) is 17.3. The van der Waals surface area contributed by atoms with Gasteiger partial charge >= 0.3 is 12.2 Å². The van der Waals surface area contributed by atoms with Gasteiger partial charge < -0.3 is 15.5 Å². The summed E-state index contributed by atoms with van der Waals surface area (Å²) < 4.78 is 39.4. The van der Waals surface area contributed by atoms with Crippen molar-refractivity contribution in [2.24, 2.45) is 0 Å². The van der Waals surface area contributed by atoms with Gasteiger partial charge in [0.25, 0.3) is 5.91 Å². The SMILES string of the molecule is CCNC(=O)N1CCCC(c2cccc(C(=O)NCc3ccccc3C(F)(F)F)c2)C1. The Labute approximate surface area is 179 Å². The molecule has 5 nitrogen and oxygen atoms in total. The van der Waals surface area contributed by atoms with Crippen LogP contribution in [0.15, 0.2) is 48.5 Å². The summed E-state index contributed by atoms with van der Waals surface area (Å²) in [6.45, 7) is 3.48. The molecule has 0 aliphatic carbocycles. The van der Waals surface area contributed by atoms with Crippen LogP contribution in [0.2, 0.25) is 0 Å². The fourth-order valence-electron chi connectivity index (χ4n) is 3.86. The van der Waals surface area contributed by atoms with Crippen LogP contribution in [-0.2, 0) is 12.7 Å². The van der Waals surface area contributed by atoms with Crippen molar-refractivity contribution in [1.29, 1.82) is 0 Å². The Hall–Kier alpha value is -3.03. The molecule has 1 unspecified atom stereocenters. The molecule has 2 aromatic carbocycles. The number of hydrogen-bond acceptors (Lipinski definition) is 2. The lowest BCUT2D eigenvalue weighted by atomic mass is 9.89. The zero-order valence-corrected chi connectivity index (χ0v) is 17.3. The molecule has 0 radical (unpaired) electrons. The maximum atomic E-state index is 13.1. The van der Waals surface area contributed by atoms with Crippen molar-refractivity contribution in [3.8, 4) is 0 Å². The van der Waals surface area contributed by atoms with E-state index in [1.165, 1.54) is 18.2 Å². The number of amides is 3. The van der Waals surface area contributed by atoms with Gasteiger partial charge in [-0.05, 0) is 49.1 Å². The lowest BCUT2D eigenvalue weighted by Gasteiger charge is -2.33. The number of alkyl halides is 3. The number of halogens is 3. The summed E-state index contributed by atoms with van der Waals surface area (Å²) in [7, 11) is 0. The summed E-state index contributed by atoms with van der Waals surface area (Å²) in [5.74, 6) is -0.328. The molecule has 2 N–H and O–H groups in total. The Morgan fingerprint density at radius 1 is 1.10 bits per heavy atom. The van der Waals surface area contributed by atoms with E-state index in [9.17, 15) is 22.8 Å². The summed E-state index contributed by atoms with van der Waals surface area (Å²) in [5, 5.41) is 5.40. The van der Waals surface area contributed by atoms with Crippen molar-refractivity contribution in [2.45, 2.75) is 38.4 Å². The fourth-order valence-corrected chi connectivity index (χ4v) is 3.86. The Morgan fingerprint density at radius 3 is 2.61 bits per heavy atom. The number of carbonyl (C=O) groups is 2. The molecule has 0 bridgehead atoms. The molecule has 0 spiro atoms. The van der Waals surface area contributed by atoms with E-state index in [0.717, 1.165) is 24.5 Å². The van der Waals surface area contributed by atoms with Gasteiger partial charge in [-0.2, -0.15) is 13.2 Å². The van der Waals surface area contributed by atoms with Gasteiger partial charge in [0.15, 0.2) is 0 Å². The van der Waals surface area contributed by atoms with Crippen LogP contribution in [0.4, 0.5) is 18.0 Å². The van der Waals surface area contributed by atoms with Gasteiger partial charge in [-0.25, -0.2) is 4.79 Å². The highest BCUT2D eigenvalue weighted by atomic mass is 19.4. The molecule has 3 amide bonds. The molecule has 1 heterocycles. The van der Waals surface area contributed by atoms with Crippen molar-refractivity contribution >= 4 is 11.9 Å². The second-order valence-electron chi connectivity index (χ2n) is 7.58. The number of likely N-dealkylation sites (tertiary alicyclic amines) is 1. The predicted molar refractivity (Wildman–Crippen MR) is 112 cm³/mol. The molecule has 2 aromatic rings. The largest absolute Gasteiger partial charge is 0.416 e. The van der Waals surface area contributed by atoms with Crippen LogP contribution in [0.25, 0.3) is 0 Å². The Bertz CT molecular complexity index is 930. The molecule has 8 heteroatoms. The number of nitrogens with zero attached hydrogens (tertiary/aromatic N) is 1. The average molecular weight is 433 g/mol. The number of urea groups is 1. The van der Waals surface area contributed by atoms with Crippen LogP contribution >= 0.6 is 0 Å². The predicted octanol–water partition coefficient (Wildman–Crippen LogP) is 4.54. The standard InChI is InChI=1S/C23H26F3N3O2/c1-2-27-22(31)29-12-6-10-19(15-29)16-8-5-9-17(13-16)21(30)28-14-18-7-3-4-11-20(18)23(24,25)26/h3-5,7-9,11,13,19H,2,6,10,12,14-15H2,1H3,(H,27,31)(H,28,30). The molecule has 166 valence electrons. The van der Waals surface area contributed by atoms with Crippen molar-refractivity contribution in [1.82, 2.24) is 15.5 Å². The molecule has 31 heavy (non-hydrogen) atoms. The van der Waals surface area contributed by atoms with Crippen LogP contribution in [0.3, 0.4) is 0 Å². The van der Waals surface area contributed by atoms with Crippen molar-refractivity contribution in [3.63, 3.8) is 0 Å². The first-order valence-corrected chi connectivity index (χ1v) is 10.4. The van der Waals surface area contributed by atoms with Gasteiger partial charge in [0, 0.05) is 37.7 Å². The smallest absolute Gasteiger partial charge is 0.348 e. The van der Waals surface area contributed by atoms with Crippen molar-refractivity contribution in [3.05, 3.63) is 70.8 Å². The minimum atomic E-state index is -4.47. The molecule has 1 atom stereocenters. The number of piperidine rings is 1. The average Bonchev–Trinajstić information content (AvgIpc) is 2.77. The molecule has 1 aliphatic heterocycles. The van der Waals surface area contributed by atoms with E-state index in [2.05, 4.69) is 10.6 Å². The zero-order chi connectivity index (χ0) is 22.4. The minimum Gasteiger partial charge on any atom is -0.348 e. The summed E-state index contributed by atoms with van der Waals surface area (Å²) in [6.07, 6.45) is -2.70. The highest BCUT2D eigenvalue weighted by Crippen LogP contribution is 2.32. The minimum absolute atomic E-state index is 0.0179. The van der Waals surface area contributed by atoms with Crippen LogP contribution < -0.4 is 10.6 Å². The first-order chi connectivity index (χ1) is 14.8. The molecular weight excluding hydrogens is 407 g/mol.